The molecule has 0 amide bonds. The second kappa shape index (κ2) is 7.40. The van der Waals surface area contributed by atoms with Crippen molar-refractivity contribution in [3.05, 3.63) is 0 Å². The van der Waals surface area contributed by atoms with E-state index in [4.69, 9.17) is 10.2 Å². The van der Waals surface area contributed by atoms with Crippen LogP contribution in [0.5, 0.6) is 0 Å². The Hall–Kier alpha value is -1.20. The van der Waals surface area contributed by atoms with Gasteiger partial charge in [0.05, 0.1) is 5.92 Å². The third-order valence-corrected chi connectivity index (χ3v) is 4.94. The molecule has 0 bridgehead atoms. The molecule has 3 N–H and O–H groups in total. The molecular weight excluding hydrogens is 275 g/mol. The predicted molar refractivity (Wildman–Crippen MR) is 67.4 cm³/mol. The second-order valence-electron chi connectivity index (χ2n) is 4.69. The van der Waals surface area contributed by atoms with Crippen LogP contribution in [0.2, 0.25) is 0 Å². The van der Waals surface area contributed by atoms with Crippen molar-refractivity contribution >= 4 is 25.1 Å². The Bertz CT molecular complexity index is 404. The molecule has 0 heterocycles. The quantitative estimate of drug-likeness (QED) is 0.542. The van der Waals surface area contributed by atoms with E-state index in [9.17, 15) is 23.8 Å². The molecule has 3 atom stereocenters. The summed E-state index contributed by atoms with van der Waals surface area (Å²) in [5, 5.41) is 17.4. The van der Waals surface area contributed by atoms with E-state index in [2.05, 4.69) is 0 Å². The minimum atomic E-state index is -3.77. The van der Waals surface area contributed by atoms with Gasteiger partial charge in [-0.1, -0.05) is 6.92 Å². The maximum atomic E-state index is 11.9. The summed E-state index contributed by atoms with van der Waals surface area (Å²) in [6.07, 6.45) is -1.37. The first-order chi connectivity index (χ1) is 8.55. The van der Waals surface area contributed by atoms with E-state index in [1.165, 1.54) is 13.8 Å². The summed E-state index contributed by atoms with van der Waals surface area (Å²) in [5.41, 5.74) is 0. The monoisotopic (exact) mass is 294 g/mol. The van der Waals surface area contributed by atoms with E-state index in [1.54, 1.807) is 0 Å². The van der Waals surface area contributed by atoms with E-state index < -0.39 is 37.3 Å². The van der Waals surface area contributed by atoms with Crippen LogP contribution in [0.4, 0.5) is 0 Å². The topological polar surface area (TPSA) is 129 Å². The molecule has 0 spiro atoms. The molecule has 0 aliphatic carbocycles. The number of hydrogen-bond acceptors (Lipinski definition) is 4. The highest BCUT2D eigenvalue weighted by Gasteiger charge is 2.31. The van der Waals surface area contributed by atoms with Gasteiger partial charge in [-0.3, -0.25) is 18.9 Å². The first-order valence-electron chi connectivity index (χ1n) is 5.81. The van der Waals surface area contributed by atoms with Crippen LogP contribution < -0.4 is 0 Å². The highest BCUT2D eigenvalue weighted by molar-refractivity contribution is 7.58. The number of rotatable bonds is 9. The summed E-state index contributed by atoms with van der Waals surface area (Å²) >= 11 is 0. The van der Waals surface area contributed by atoms with Gasteiger partial charge >= 0.3 is 11.9 Å². The molecule has 0 aromatic rings. The van der Waals surface area contributed by atoms with Crippen molar-refractivity contribution < 1.29 is 34.1 Å². The Morgan fingerprint density at radius 2 is 1.68 bits per heavy atom. The maximum Gasteiger partial charge on any atom is 0.307 e. The number of ketones is 1. The second-order valence-corrected chi connectivity index (χ2v) is 7.11. The molecule has 0 aliphatic rings. The number of carboxylic acid groups (broad SMARTS) is 2. The Morgan fingerprint density at radius 1 is 1.16 bits per heavy atom. The molecule has 8 heteroatoms. The van der Waals surface area contributed by atoms with Crippen LogP contribution in [-0.2, 0) is 18.9 Å². The Morgan fingerprint density at radius 3 is 2.05 bits per heavy atom. The normalized spacial score (nSPS) is 17.2. The van der Waals surface area contributed by atoms with Crippen molar-refractivity contribution in [3.63, 3.8) is 0 Å². The van der Waals surface area contributed by atoms with Gasteiger partial charge in [0.25, 0.3) is 0 Å². The third-order valence-electron chi connectivity index (χ3n) is 2.81. The van der Waals surface area contributed by atoms with Crippen LogP contribution in [-0.4, -0.2) is 45.2 Å². The van der Waals surface area contributed by atoms with Crippen molar-refractivity contribution in [2.45, 2.75) is 26.7 Å². The smallest absolute Gasteiger partial charge is 0.307 e. The van der Waals surface area contributed by atoms with E-state index in [0.717, 1.165) is 0 Å². The molecule has 0 rings (SSSR count). The van der Waals surface area contributed by atoms with E-state index in [1.807, 2.05) is 0 Å². The lowest BCUT2D eigenvalue weighted by Crippen LogP contribution is -2.22. The molecule has 0 saturated heterocycles. The molecule has 0 aromatic heterocycles. The molecule has 0 saturated carbocycles. The van der Waals surface area contributed by atoms with Gasteiger partial charge in [-0.25, -0.2) is 0 Å². The molecule has 110 valence electrons. The number of hydrogen-bond donors (Lipinski definition) is 3. The van der Waals surface area contributed by atoms with Crippen LogP contribution in [0.3, 0.4) is 0 Å². The van der Waals surface area contributed by atoms with Crippen molar-refractivity contribution in [1.29, 1.82) is 0 Å². The van der Waals surface area contributed by atoms with Crippen molar-refractivity contribution in [2.75, 3.05) is 12.3 Å². The van der Waals surface area contributed by atoms with Crippen molar-refractivity contribution in [2.24, 2.45) is 11.8 Å². The highest BCUT2D eigenvalue weighted by atomic mass is 31.2. The van der Waals surface area contributed by atoms with Crippen LogP contribution in [0.25, 0.3) is 0 Å². The zero-order valence-electron chi connectivity index (χ0n) is 10.9. The van der Waals surface area contributed by atoms with E-state index in [0.29, 0.717) is 0 Å². The lowest BCUT2D eigenvalue weighted by atomic mass is 10.1. The van der Waals surface area contributed by atoms with Crippen LogP contribution in [0, 0.1) is 11.8 Å². The maximum absolute atomic E-state index is 11.9. The van der Waals surface area contributed by atoms with E-state index >= 15 is 0 Å². The average Bonchev–Trinajstić information content (AvgIpc) is 2.22. The fourth-order valence-electron chi connectivity index (χ4n) is 1.57. The molecule has 0 aliphatic heterocycles. The van der Waals surface area contributed by atoms with Gasteiger partial charge in [-0.2, -0.15) is 0 Å². The summed E-state index contributed by atoms with van der Waals surface area (Å²) in [7, 11) is -3.77. The van der Waals surface area contributed by atoms with Gasteiger partial charge in [0.1, 0.15) is 5.78 Å². The Balaban J connectivity index is 4.64. The molecule has 0 fully saturated rings. The zero-order chi connectivity index (χ0) is 15.2. The van der Waals surface area contributed by atoms with Gasteiger partial charge in [0.2, 0.25) is 7.37 Å². The summed E-state index contributed by atoms with van der Waals surface area (Å²) in [5.74, 6) is -4.51. The first-order valence-corrected chi connectivity index (χ1v) is 7.84. The number of aliphatic carboxylic acids is 2. The lowest BCUT2D eigenvalue weighted by Gasteiger charge is -2.18. The highest BCUT2D eigenvalue weighted by Crippen LogP contribution is 2.45. The van der Waals surface area contributed by atoms with Gasteiger partial charge in [-0.05, 0) is 13.3 Å². The van der Waals surface area contributed by atoms with Gasteiger partial charge < -0.3 is 15.1 Å². The first kappa shape index (κ1) is 17.8. The average molecular weight is 294 g/mol. The molecular formula is C11H19O7P. The van der Waals surface area contributed by atoms with Gasteiger partial charge in [-0.15, -0.1) is 0 Å². The molecule has 0 aromatic carbocycles. The molecule has 3 unspecified atom stereocenters. The fourth-order valence-corrected chi connectivity index (χ4v) is 3.86. The summed E-state index contributed by atoms with van der Waals surface area (Å²) in [6.45, 7) is 2.79. The standard InChI is InChI=1S/C11H19O7P/c1-7(8(2)12)5-19(17,18)6-9(11(15)16)3-4-10(13)14/h7,9H,3-6H2,1-2H3,(H,13,14)(H,15,16)(H,17,18). The van der Waals surface area contributed by atoms with Crippen LogP contribution in [0.15, 0.2) is 0 Å². The molecule has 7 nitrogen and oxygen atoms in total. The lowest BCUT2D eigenvalue weighted by molar-refractivity contribution is -0.142. The third kappa shape index (κ3) is 7.74. The minimum absolute atomic E-state index is 0.205. The van der Waals surface area contributed by atoms with E-state index in [-0.39, 0.29) is 24.8 Å². The summed E-state index contributed by atoms with van der Waals surface area (Å²) in [4.78, 5) is 42.0. The molecule has 0 radical (unpaired) electrons. The van der Waals surface area contributed by atoms with Gasteiger partial charge in [0.15, 0.2) is 0 Å². The predicted octanol–water partition coefficient (Wildman–Crippen LogP) is 1.05. The largest absolute Gasteiger partial charge is 0.481 e. The Kier molecular flexibility index (Phi) is 6.94. The Labute approximate surface area is 111 Å². The fraction of sp³-hybridized carbons (Fsp3) is 0.727. The van der Waals surface area contributed by atoms with Crippen molar-refractivity contribution in [3.8, 4) is 0 Å². The zero-order valence-corrected chi connectivity index (χ0v) is 11.8. The number of Topliss-reactive ketones (excluding diaryl/α,β-unsaturated/α-hetero) is 1. The van der Waals surface area contributed by atoms with Gasteiger partial charge in [0, 0.05) is 24.7 Å². The number of carboxylic acids is 2. The molecule has 19 heavy (non-hydrogen) atoms. The van der Waals surface area contributed by atoms with Crippen LogP contribution >= 0.6 is 7.37 Å². The summed E-state index contributed by atoms with van der Waals surface area (Å²) < 4.78 is 11.9. The van der Waals surface area contributed by atoms with Crippen molar-refractivity contribution in [1.82, 2.24) is 0 Å². The minimum Gasteiger partial charge on any atom is -0.481 e. The number of carbonyl (C=O) groups is 3. The number of carbonyl (C=O) groups excluding carboxylic acids is 1. The van der Waals surface area contributed by atoms with Crippen LogP contribution in [0.1, 0.15) is 26.7 Å². The SMILES string of the molecule is CC(=O)C(C)CP(=O)(O)CC(CCC(=O)O)C(=O)O. The summed E-state index contributed by atoms with van der Waals surface area (Å²) in [6, 6.07) is 0.